The Morgan fingerprint density at radius 1 is 1.00 bits per heavy atom. The topological polar surface area (TPSA) is 64.7 Å². The molecule has 0 unspecified atom stereocenters. The predicted molar refractivity (Wildman–Crippen MR) is 110 cm³/mol. The second kappa shape index (κ2) is 9.04. The number of carbonyl (C=O) groups is 2. The molecule has 1 aromatic carbocycles. The van der Waals surface area contributed by atoms with Gasteiger partial charge in [0.2, 0.25) is 11.8 Å². The van der Waals surface area contributed by atoms with E-state index in [2.05, 4.69) is 20.4 Å². The van der Waals surface area contributed by atoms with Crippen LogP contribution < -0.4 is 10.6 Å². The predicted octanol–water partition coefficient (Wildman–Crippen LogP) is 2.43. The number of nitrogens with zero attached hydrogens (tertiary/aromatic N) is 2. The van der Waals surface area contributed by atoms with E-state index in [0.29, 0.717) is 23.8 Å². The van der Waals surface area contributed by atoms with Gasteiger partial charge in [0, 0.05) is 31.7 Å². The van der Waals surface area contributed by atoms with Crippen molar-refractivity contribution in [1.29, 1.82) is 0 Å². The lowest BCUT2D eigenvalue weighted by molar-refractivity contribution is -0.124. The van der Waals surface area contributed by atoms with Crippen molar-refractivity contribution in [2.24, 2.45) is 0 Å². The van der Waals surface area contributed by atoms with Gasteiger partial charge >= 0.3 is 0 Å². The minimum Gasteiger partial charge on any atom is -0.350 e. The molecule has 0 spiro atoms. The van der Waals surface area contributed by atoms with Gasteiger partial charge in [-0.1, -0.05) is 17.7 Å². The summed E-state index contributed by atoms with van der Waals surface area (Å²) in [7, 11) is 0. The zero-order chi connectivity index (χ0) is 20.2. The maximum atomic E-state index is 12.4. The van der Waals surface area contributed by atoms with Gasteiger partial charge in [-0.15, -0.1) is 0 Å². The van der Waals surface area contributed by atoms with Gasteiger partial charge in [-0.3, -0.25) is 19.4 Å². The number of halogens is 1. The van der Waals surface area contributed by atoms with E-state index in [1.165, 1.54) is 0 Å². The quantitative estimate of drug-likeness (QED) is 0.805. The standard InChI is InChI=1S/C20H31ClN4O2/c1-14-10-15(2)19(16(21)11-14)22-17(26)12-24-6-8-25(9-7-24)13-18(27)23-20(3,4)5/h10-11H,6-9,12-13H2,1-5H3,(H,22,26)(H,23,27). The lowest BCUT2D eigenvalue weighted by atomic mass is 10.1. The third-order valence-corrected chi connectivity index (χ3v) is 4.71. The molecule has 2 rings (SSSR count). The Labute approximate surface area is 167 Å². The highest BCUT2D eigenvalue weighted by atomic mass is 35.5. The summed E-state index contributed by atoms with van der Waals surface area (Å²) in [6, 6.07) is 3.86. The number of nitrogens with one attached hydrogen (secondary N) is 2. The number of anilines is 1. The number of carbonyl (C=O) groups excluding carboxylic acids is 2. The molecule has 0 radical (unpaired) electrons. The summed E-state index contributed by atoms with van der Waals surface area (Å²) in [6.45, 7) is 13.6. The van der Waals surface area contributed by atoms with Crippen molar-refractivity contribution in [2.45, 2.75) is 40.2 Å². The number of aryl methyl sites for hydroxylation is 2. The zero-order valence-electron chi connectivity index (χ0n) is 17.0. The Kier molecular flexibility index (Phi) is 7.25. The summed E-state index contributed by atoms with van der Waals surface area (Å²) in [5.74, 6) is -0.0269. The van der Waals surface area contributed by atoms with Crippen molar-refractivity contribution >= 4 is 29.1 Å². The Morgan fingerprint density at radius 3 is 2.00 bits per heavy atom. The maximum Gasteiger partial charge on any atom is 0.238 e. The van der Waals surface area contributed by atoms with Gasteiger partial charge in [-0.2, -0.15) is 0 Å². The molecule has 6 nitrogen and oxygen atoms in total. The minimum atomic E-state index is -0.216. The van der Waals surface area contributed by atoms with Gasteiger partial charge in [0.05, 0.1) is 23.8 Å². The SMILES string of the molecule is Cc1cc(C)c(NC(=O)CN2CCN(CC(=O)NC(C)(C)C)CC2)c(Cl)c1. The van der Waals surface area contributed by atoms with E-state index in [4.69, 9.17) is 11.6 Å². The van der Waals surface area contributed by atoms with Crippen LogP contribution in [0.5, 0.6) is 0 Å². The number of amides is 2. The van der Waals surface area contributed by atoms with Gasteiger partial charge < -0.3 is 10.6 Å². The molecular formula is C20H31ClN4O2. The second-order valence-corrected chi connectivity index (χ2v) is 8.74. The van der Waals surface area contributed by atoms with E-state index in [1.54, 1.807) is 0 Å². The van der Waals surface area contributed by atoms with Gasteiger partial charge in [-0.25, -0.2) is 0 Å². The van der Waals surface area contributed by atoms with Crippen molar-refractivity contribution in [3.05, 3.63) is 28.3 Å². The summed E-state index contributed by atoms with van der Waals surface area (Å²) in [5.41, 5.74) is 2.50. The molecule has 1 aliphatic rings. The van der Waals surface area contributed by atoms with Crippen LogP contribution in [0.4, 0.5) is 5.69 Å². The first kappa shape index (κ1) is 21.7. The average Bonchev–Trinajstić information content (AvgIpc) is 2.51. The molecule has 0 bridgehead atoms. The van der Waals surface area contributed by atoms with E-state index >= 15 is 0 Å². The van der Waals surface area contributed by atoms with Gasteiger partial charge in [0.25, 0.3) is 0 Å². The molecule has 1 aromatic rings. The highest BCUT2D eigenvalue weighted by molar-refractivity contribution is 6.34. The Balaban J connectivity index is 1.79. The van der Waals surface area contributed by atoms with E-state index in [0.717, 1.165) is 37.3 Å². The third-order valence-electron chi connectivity index (χ3n) is 4.41. The van der Waals surface area contributed by atoms with Crippen molar-refractivity contribution in [2.75, 3.05) is 44.6 Å². The lowest BCUT2D eigenvalue weighted by Crippen LogP contribution is -2.52. The summed E-state index contributed by atoms with van der Waals surface area (Å²) in [4.78, 5) is 28.7. The summed E-state index contributed by atoms with van der Waals surface area (Å²) in [6.07, 6.45) is 0. The highest BCUT2D eigenvalue weighted by Gasteiger charge is 2.22. The van der Waals surface area contributed by atoms with Crippen molar-refractivity contribution in [3.8, 4) is 0 Å². The molecule has 0 aromatic heterocycles. The Morgan fingerprint density at radius 2 is 1.52 bits per heavy atom. The average molecular weight is 395 g/mol. The first-order chi connectivity index (χ1) is 12.5. The van der Waals surface area contributed by atoms with Crippen LogP contribution in [-0.2, 0) is 9.59 Å². The summed E-state index contributed by atoms with van der Waals surface area (Å²) >= 11 is 6.26. The minimum absolute atomic E-state index is 0.0400. The number of hydrogen-bond acceptors (Lipinski definition) is 4. The van der Waals surface area contributed by atoms with Crippen LogP contribution in [0.25, 0.3) is 0 Å². The maximum absolute atomic E-state index is 12.4. The molecule has 150 valence electrons. The molecule has 1 aliphatic heterocycles. The molecule has 27 heavy (non-hydrogen) atoms. The largest absolute Gasteiger partial charge is 0.350 e. The van der Waals surface area contributed by atoms with Crippen LogP contribution in [0.1, 0.15) is 31.9 Å². The van der Waals surface area contributed by atoms with Crippen molar-refractivity contribution in [1.82, 2.24) is 15.1 Å². The zero-order valence-corrected chi connectivity index (χ0v) is 17.7. The van der Waals surface area contributed by atoms with Crippen LogP contribution in [-0.4, -0.2) is 66.4 Å². The van der Waals surface area contributed by atoms with E-state index in [9.17, 15) is 9.59 Å². The molecule has 7 heteroatoms. The molecular weight excluding hydrogens is 364 g/mol. The monoisotopic (exact) mass is 394 g/mol. The van der Waals surface area contributed by atoms with E-state index in [1.807, 2.05) is 46.8 Å². The Hall–Kier alpha value is -1.63. The fourth-order valence-electron chi connectivity index (χ4n) is 3.22. The van der Waals surface area contributed by atoms with Crippen LogP contribution in [0, 0.1) is 13.8 Å². The first-order valence-corrected chi connectivity index (χ1v) is 9.73. The van der Waals surface area contributed by atoms with Gasteiger partial charge in [-0.05, 0) is 51.8 Å². The Bertz CT molecular complexity index is 669. The molecule has 0 aliphatic carbocycles. The van der Waals surface area contributed by atoms with Crippen LogP contribution >= 0.6 is 11.6 Å². The molecule has 2 N–H and O–H groups in total. The van der Waals surface area contributed by atoms with Crippen LogP contribution in [0.3, 0.4) is 0 Å². The second-order valence-electron chi connectivity index (χ2n) is 8.34. The molecule has 0 atom stereocenters. The number of benzene rings is 1. The normalized spacial score (nSPS) is 16.2. The molecule has 1 fully saturated rings. The number of rotatable bonds is 5. The van der Waals surface area contributed by atoms with E-state index < -0.39 is 0 Å². The summed E-state index contributed by atoms with van der Waals surface area (Å²) < 4.78 is 0. The molecule has 2 amide bonds. The fourth-order valence-corrected chi connectivity index (χ4v) is 3.59. The fraction of sp³-hybridized carbons (Fsp3) is 0.600. The first-order valence-electron chi connectivity index (χ1n) is 9.36. The number of piperazine rings is 1. The van der Waals surface area contributed by atoms with Gasteiger partial charge in [0.15, 0.2) is 0 Å². The lowest BCUT2D eigenvalue weighted by Gasteiger charge is -2.34. The van der Waals surface area contributed by atoms with Crippen molar-refractivity contribution in [3.63, 3.8) is 0 Å². The van der Waals surface area contributed by atoms with Crippen molar-refractivity contribution < 1.29 is 9.59 Å². The summed E-state index contributed by atoms with van der Waals surface area (Å²) in [5, 5.41) is 6.48. The molecule has 0 saturated carbocycles. The highest BCUT2D eigenvalue weighted by Crippen LogP contribution is 2.27. The van der Waals surface area contributed by atoms with Gasteiger partial charge in [0.1, 0.15) is 0 Å². The third kappa shape index (κ3) is 7.13. The van der Waals surface area contributed by atoms with Crippen LogP contribution in [0.15, 0.2) is 12.1 Å². The smallest absolute Gasteiger partial charge is 0.238 e. The van der Waals surface area contributed by atoms with Crippen LogP contribution in [0.2, 0.25) is 5.02 Å². The molecule has 1 saturated heterocycles. The van der Waals surface area contributed by atoms with E-state index in [-0.39, 0.29) is 17.4 Å². The number of hydrogen-bond donors (Lipinski definition) is 2. The molecule has 1 heterocycles.